The van der Waals surface area contributed by atoms with Crippen LogP contribution in [-0.4, -0.2) is 48.3 Å². The lowest BCUT2D eigenvalue weighted by Crippen LogP contribution is -2.45. The molecule has 0 aliphatic carbocycles. The van der Waals surface area contributed by atoms with Crippen molar-refractivity contribution in [2.24, 2.45) is 0 Å². The first-order valence-electron chi connectivity index (χ1n) is 6.79. The smallest absolute Gasteiger partial charge is 0.274 e. The van der Waals surface area contributed by atoms with Crippen LogP contribution in [0.1, 0.15) is 42.9 Å². The molecule has 2 amide bonds. The Morgan fingerprint density at radius 2 is 2.05 bits per heavy atom. The number of nitrogen functional groups attached to an aromatic ring is 1. The van der Waals surface area contributed by atoms with Crippen LogP contribution in [0.5, 0.6) is 0 Å². The van der Waals surface area contributed by atoms with Crippen molar-refractivity contribution in [1.82, 2.24) is 20.8 Å². The van der Waals surface area contributed by atoms with E-state index in [4.69, 9.17) is 10.5 Å². The van der Waals surface area contributed by atoms with Gasteiger partial charge in [-0.1, -0.05) is 13.8 Å². The second-order valence-corrected chi connectivity index (χ2v) is 5.03. The topological polar surface area (TPSA) is 122 Å². The summed E-state index contributed by atoms with van der Waals surface area (Å²) in [6.07, 6.45) is 0. The summed E-state index contributed by atoms with van der Waals surface area (Å²) in [5, 5.41) is 11.9. The Morgan fingerprint density at radius 1 is 1.38 bits per heavy atom. The Balaban J connectivity index is 2.62. The van der Waals surface area contributed by atoms with E-state index < -0.39 is 11.9 Å². The van der Waals surface area contributed by atoms with Crippen LogP contribution in [0.25, 0.3) is 0 Å². The Hall–Kier alpha value is -2.09. The highest BCUT2D eigenvalue weighted by molar-refractivity contribution is 6.00. The molecule has 8 heteroatoms. The number of carbonyl (C=O) groups is 2. The molecule has 0 aliphatic heterocycles. The van der Waals surface area contributed by atoms with Crippen LogP contribution in [-0.2, 0) is 9.53 Å². The van der Waals surface area contributed by atoms with E-state index in [0.717, 1.165) is 0 Å². The van der Waals surface area contributed by atoms with Crippen molar-refractivity contribution in [2.75, 3.05) is 26.0 Å². The first-order chi connectivity index (χ1) is 9.88. The molecule has 8 nitrogen and oxygen atoms in total. The normalized spacial score (nSPS) is 12.2. The molecule has 0 bridgehead atoms. The van der Waals surface area contributed by atoms with Crippen molar-refractivity contribution >= 4 is 17.5 Å². The fourth-order valence-electron chi connectivity index (χ4n) is 1.74. The summed E-state index contributed by atoms with van der Waals surface area (Å²) in [7, 11) is 1.55. The van der Waals surface area contributed by atoms with E-state index in [9.17, 15) is 9.59 Å². The maximum atomic E-state index is 12.1. The first kappa shape index (κ1) is 17.0. The van der Waals surface area contributed by atoms with Crippen LogP contribution >= 0.6 is 0 Å². The number of anilines is 1. The zero-order valence-electron chi connectivity index (χ0n) is 12.8. The van der Waals surface area contributed by atoms with Crippen LogP contribution < -0.4 is 16.4 Å². The van der Waals surface area contributed by atoms with Gasteiger partial charge in [-0.2, -0.15) is 5.10 Å². The van der Waals surface area contributed by atoms with Crippen molar-refractivity contribution in [2.45, 2.75) is 32.7 Å². The van der Waals surface area contributed by atoms with Gasteiger partial charge >= 0.3 is 0 Å². The number of aromatic amines is 1. The molecular formula is C13H23N5O3. The largest absolute Gasteiger partial charge is 0.395 e. The number of hydrogen-bond acceptors (Lipinski definition) is 5. The van der Waals surface area contributed by atoms with E-state index >= 15 is 0 Å². The minimum absolute atomic E-state index is 0.107. The van der Waals surface area contributed by atoms with E-state index in [1.54, 1.807) is 14.0 Å². The molecule has 118 valence electrons. The minimum Gasteiger partial charge on any atom is -0.395 e. The standard InChI is InChI=1S/C13H23N5O3/c1-7(2)10-9(14)11(18-17-10)13(20)16-8(3)12(19)15-5-6-21-4/h7-8H,5-6,14H2,1-4H3,(H,15,19)(H,16,20)(H,17,18). The Bertz CT molecular complexity index is 498. The van der Waals surface area contributed by atoms with Gasteiger partial charge in [-0.3, -0.25) is 14.7 Å². The molecule has 21 heavy (non-hydrogen) atoms. The average molecular weight is 297 g/mol. The SMILES string of the molecule is COCCNC(=O)C(C)NC(=O)c1n[nH]c(C(C)C)c1N. The maximum absolute atomic E-state index is 12.1. The average Bonchev–Trinajstić information content (AvgIpc) is 2.80. The number of aromatic nitrogens is 2. The minimum atomic E-state index is -0.687. The molecule has 5 N–H and O–H groups in total. The molecule has 0 saturated carbocycles. The van der Waals surface area contributed by atoms with Gasteiger partial charge in [-0.15, -0.1) is 0 Å². The Labute approximate surface area is 123 Å². The number of nitrogens with two attached hydrogens (primary N) is 1. The predicted octanol–water partition coefficient (Wildman–Crippen LogP) is -0.00380. The molecule has 1 unspecified atom stereocenters. The second-order valence-electron chi connectivity index (χ2n) is 5.03. The second kappa shape index (κ2) is 7.63. The quantitative estimate of drug-likeness (QED) is 0.527. The molecular weight excluding hydrogens is 274 g/mol. The van der Waals surface area contributed by atoms with Gasteiger partial charge in [-0.05, 0) is 12.8 Å². The lowest BCUT2D eigenvalue weighted by Gasteiger charge is -2.13. The van der Waals surface area contributed by atoms with E-state index in [1.165, 1.54) is 0 Å². The van der Waals surface area contributed by atoms with Gasteiger partial charge in [0.15, 0.2) is 5.69 Å². The lowest BCUT2D eigenvalue weighted by atomic mass is 10.1. The highest BCUT2D eigenvalue weighted by atomic mass is 16.5. The third-order valence-electron chi connectivity index (χ3n) is 2.97. The molecule has 1 aromatic heterocycles. The zero-order valence-corrected chi connectivity index (χ0v) is 12.8. The first-order valence-corrected chi connectivity index (χ1v) is 6.79. The van der Waals surface area contributed by atoms with Gasteiger partial charge in [0, 0.05) is 13.7 Å². The Kier molecular flexibility index (Phi) is 6.16. The van der Waals surface area contributed by atoms with Crippen LogP contribution in [0, 0.1) is 0 Å². The fraction of sp³-hybridized carbons (Fsp3) is 0.615. The number of nitrogens with one attached hydrogen (secondary N) is 3. The molecule has 0 radical (unpaired) electrons. The monoisotopic (exact) mass is 297 g/mol. The van der Waals surface area contributed by atoms with Gasteiger partial charge < -0.3 is 21.1 Å². The number of nitrogens with zero attached hydrogens (tertiary/aromatic N) is 1. The predicted molar refractivity (Wildman–Crippen MR) is 78.9 cm³/mol. The van der Waals surface area contributed by atoms with E-state index in [1.807, 2.05) is 13.8 Å². The fourth-order valence-corrected chi connectivity index (χ4v) is 1.74. The van der Waals surface area contributed by atoms with Gasteiger partial charge in [-0.25, -0.2) is 0 Å². The lowest BCUT2D eigenvalue weighted by molar-refractivity contribution is -0.122. The number of carbonyl (C=O) groups excluding carboxylic acids is 2. The highest BCUT2D eigenvalue weighted by Crippen LogP contribution is 2.21. The van der Waals surface area contributed by atoms with Crippen molar-refractivity contribution in [3.63, 3.8) is 0 Å². The number of H-pyrrole nitrogens is 1. The number of hydrogen-bond donors (Lipinski definition) is 4. The van der Waals surface area contributed by atoms with Crippen LogP contribution in [0.3, 0.4) is 0 Å². The molecule has 0 fully saturated rings. The molecule has 0 aromatic carbocycles. The molecule has 1 heterocycles. The number of rotatable bonds is 7. The highest BCUT2D eigenvalue weighted by Gasteiger charge is 2.22. The van der Waals surface area contributed by atoms with Crippen molar-refractivity contribution < 1.29 is 14.3 Å². The number of methoxy groups -OCH3 is 1. The van der Waals surface area contributed by atoms with E-state index in [0.29, 0.717) is 24.5 Å². The molecule has 0 saturated heterocycles. The van der Waals surface area contributed by atoms with Crippen LogP contribution in [0.4, 0.5) is 5.69 Å². The van der Waals surface area contributed by atoms with Gasteiger partial charge in [0.25, 0.3) is 5.91 Å². The van der Waals surface area contributed by atoms with E-state index in [2.05, 4.69) is 20.8 Å². The van der Waals surface area contributed by atoms with Crippen LogP contribution in [0.15, 0.2) is 0 Å². The third-order valence-corrected chi connectivity index (χ3v) is 2.97. The summed E-state index contributed by atoms with van der Waals surface area (Å²) in [6, 6.07) is -0.687. The summed E-state index contributed by atoms with van der Waals surface area (Å²) < 4.78 is 4.83. The summed E-state index contributed by atoms with van der Waals surface area (Å²) in [4.78, 5) is 23.8. The van der Waals surface area contributed by atoms with Gasteiger partial charge in [0.1, 0.15) is 6.04 Å². The van der Waals surface area contributed by atoms with Crippen molar-refractivity contribution in [3.05, 3.63) is 11.4 Å². The molecule has 0 aliphatic rings. The number of amides is 2. The van der Waals surface area contributed by atoms with Crippen molar-refractivity contribution in [1.29, 1.82) is 0 Å². The molecule has 1 atom stereocenters. The molecule has 0 spiro atoms. The van der Waals surface area contributed by atoms with Gasteiger partial charge in [0.05, 0.1) is 18.0 Å². The van der Waals surface area contributed by atoms with Gasteiger partial charge in [0.2, 0.25) is 5.91 Å². The maximum Gasteiger partial charge on any atom is 0.274 e. The molecule has 1 rings (SSSR count). The third kappa shape index (κ3) is 4.45. The van der Waals surface area contributed by atoms with Crippen molar-refractivity contribution in [3.8, 4) is 0 Å². The summed E-state index contributed by atoms with van der Waals surface area (Å²) in [5.41, 5.74) is 7.01. The zero-order chi connectivity index (χ0) is 16.0. The summed E-state index contributed by atoms with van der Waals surface area (Å²) in [6.45, 7) is 6.27. The molecule has 1 aromatic rings. The summed E-state index contributed by atoms with van der Waals surface area (Å²) in [5.74, 6) is -0.641. The Morgan fingerprint density at radius 3 is 2.57 bits per heavy atom. The number of ether oxygens (including phenoxy) is 1. The van der Waals surface area contributed by atoms with Crippen LogP contribution in [0.2, 0.25) is 0 Å². The van der Waals surface area contributed by atoms with E-state index in [-0.39, 0.29) is 17.5 Å². The summed E-state index contributed by atoms with van der Waals surface area (Å²) >= 11 is 0.